The van der Waals surface area contributed by atoms with Gasteiger partial charge in [0, 0.05) is 25.3 Å². The number of methoxy groups -OCH3 is 1. The number of aliphatic hydroxyl groups excluding tert-OH is 1. The van der Waals surface area contributed by atoms with Gasteiger partial charge in [-0.1, -0.05) is 0 Å². The fourth-order valence-electron chi connectivity index (χ4n) is 2.66. The van der Waals surface area contributed by atoms with Crippen molar-refractivity contribution in [3.63, 3.8) is 0 Å². The van der Waals surface area contributed by atoms with Crippen LogP contribution >= 0.6 is 15.9 Å². The highest BCUT2D eigenvalue weighted by molar-refractivity contribution is 9.10. The zero-order valence-corrected chi connectivity index (χ0v) is 16.2. The number of rotatable bonds is 3. The summed E-state index contributed by atoms with van der Waals surface area (Å²) in [5.74, 6) is 0.768. The third-order valence-electron chi connectivity index (χ3n) is 3.82. The monoisotopic (exact) mass is 400 g/mol. The Morgan fingerprint density at radius 2 is 2.08 bits per heavy atom. The number of halogens is 1. The number of carbonyl (C=O) groups is 1. The second-order valence-corrected chi connectivity index (χ2v) is 7.63. The molecule has 2 rings (SSSR count). The largest absolute Gasteiger partial charge is 0.496 e. The third-order valence-corrected chi connectivity index (χ3v) is 4.44. The van der Waals surface area contributed by atoms with Gasteiger partial charge in [0.25, 0.3) is 0 Å². The van der Waals surface area contributed by atoms with Crippen molar-refractivity contribution in [1.29, 1.82) is 0 Å². The molecule has 7 heteroatoms. The Hall–Kier alpha value is -1.47. The SMILES string of the molecule is COc1ccc(N2CCN(C(=O)OC(C)(C)C)C(CO)C2)cc1Br. The number of aliphatic hydroxyl groups is 1. The van der Waals surface area contributed by atoms with Gasteiger partial charge < -0.3 is 19.5 Å². The molecule has 1 N–H and O–H groups in total. The first-order chi connectivity index (χ1) is 11.2. The van der Waals surface area contributed by atoms with E-state index < -0.39 is 5.60 Å². The standard InChI is InChI=1S/C17H25BrN2O4/c1-17(2,3)24-16(22)20-8-7-19(10-13(20)11-21)12-5-6-15(23-4)14(18)9-12/h5-6,9,13,21H,7-8,10-11H2,1-4H3. The Morgan fingerprint density at radius 3 is 2.62 bits per heavy atom. The normalized spacial score (nSPS) is 18.5. The number of benzene rings is 1. The van der Waals surface area contributed by atoms with Gasteiger partial charge in [-0.25, -0.2) is 4.79 Å². The summed E-state index contributed by atoms with van der Waals surface area (Å²) in [7, 11) is 1.63. The number of ether oxygens (including phenoxy) is 2. The molecular formula is C17H25BrN2O4. The van der Waals surface area contributed by atoms with Crippen molar-refractivity contribution in [3.8, 4) is 5.75 Å². The maximum absolute atomic E-state index is 12.3. The maximum Gasteiger partial charge on any atom is 0.410 e. The lowest BCUT2D eigenvalue weighted by molar-refractivity contribution is 0.00704. The number of hydrogen-bond donors (Lipinski definition) is 1. The molecule has 24 heavy (non-hydrogen) atoms. The Morgan fingerprint density at radius 1 is 1.38 bits per heavy atom. The van der Waals surface area contributed by atoms with Crippen molar-refractivity contribution >= 4 is 27.7 Å². The molecule has 1 aliphatic heterocycles. The van der Waals surface area contributed by atoms with Crippen molar-refractivity contribution in [2.75, 3.05) is 38.3 Å². The van der Waals surface area contributed by atoms with Gasteiger partial charge in [0.1, 0.15) is 11.4 Å². The van der Waals surface area contributed by atoms with Crippen LogP contribution in [-0.4, -0.2) is 61.1 Å². The lowest BCUT2D eigenvalue weighted by Gasteiger charge is -2.42. The van der Waals surface area contributed by atoms with E-state index in [4.69, 9.17) is 9.47 Å². The summed E-state index contributed by atoms with van der Waals surface area (Å²) in [6.07, 6.45) is -0.378. The molecule has 1 saturated heterocycles. The van der Waals surface area contributed by atoms with Crippen molar-refractivity contribution in [2.45, 2.75) is 32.4 Å². The Kier molecular flexibility index (Phi) is 5.98. The number of hydrogen-bond acceptors (Lipinski definition) is 5. The van der Waals surface area contributed by atoms with Gasteiger partial charge >= 0.3 is 6.09 Å². The lowest BCUT2D eigenvalue weighted by atomic mass is 10.1. The zero-order valence-electron chi connectivity index (χ0n) is 14.6. The summed E-state index contributed by atoms with van der Waals surface area (Å²) in [5, 5.41) is 9.70. The minimum atomic E-state index is -0.547. The quantitative estimate of drug-likeness (QED) is 0.844. The smallest absolute Gasteiger partial charge is 0.410 e. The maximum atomic E-state index is 12.3. The van der Waals surface area contributed by atoms with Crippen LogP contribution in [0.2, 0.25) is 0 Å². The molecule has 1 atom stereocenters. The minimum absolute atomic E-state index is 0.104. The van der Waals surface area contributed by atoms with Crippen LogP contribution in [-0.2, 0) is 4.74 Å². The highest BCUT2D eigenvalue weighted by Gasteiger charge is 2.33. The molecule has 1 heterocycles. The molecule has 0 radical (unpaired) electrons. The molecule has 1 aromatic carbocycles. The molecule has 0 bridgehead atoms. The second-order valence-electron chi connectivity index (χ2n) is 6.77. The number of piperazine rings is 1. The molecule has 0 spiro atoms. The molecular weight excluding hydrogens is 376 g/mol. The number of amides is 1. The van der Waals surface area contributed by atoms with Crippen LogP contribution in [0.1, 0.15) is 20.8 Å². The molecule has 1 aliphatic rings. The van der Waals surface area contributed by atoms with E-state index in [0.717, 1.165) is 15.9 Å². The van der Waals surface area contributed by atoms with Crippen LogP contribution in [0.15, 0.2) is 22.7 Å². The molecule has 134 valence electrons. The predicted octanol–water partition coefficient (Wildman–Crippen LogP) is 2.88. The summed E-state index contributed by atoms with van der Waals surface area (Å²) in [6.45, 7) is 7.14. The summed E-state index contributed by atoms with van der Waals surface area (Å²) in [5.41, 5.74) is 0.472. The van der Waals surface area contributed by atoms with Crippen molar-refractivity contribution < 1.29 is 19.4 Å². The second kappa shape index (κ2) is 7.61. The fourth-order valence-corrected chi connectivity index (χ4v) is 3.19. The van der Waals surface area contributed by atoms with E-state index >= 15 is 0 Å². The van der Waals surface area contributed by atoms with Crippen LogP contribution < -0.4 is 9.64 Å². The van der Waals surface area contributed by atoms with E-state index in [1.807, 2.05) is 39.0 Å². The molecule has 1 unspecified atom stereocenters. The van der Waals surface area contributed by atoms with Gasteiger partial charge in [0.2, 0.25) is 0 Å². The van der Waals surface area contributed by atoms with Crippen LogP contribution in [0.4, 0.5) is 10.5 Å². The van der Waals surface area contributed by atoms with Gasteiger partial charge in [-0.15, -0.1) is 0 Å². The van der Waals surface area contributed by atoms with Crippen LogP contribution in [0.5, 0.6) is 5.75 Å². The van der Waals surface area contributed by atoms with E-state index in [9.17, 15) is 9.90 Å². The fraction of sp³-hybridized carbons (Fsp3) is 0.588. The van der Waals surface area contributed by atoms with Crippen LogP contribution in [0.3, 0.4) is 0 Å². The van der Waals surface area contributed by atoms with Crippen LogP contribution in [0, 0.1) is 0 Å². The highest BCUT2D eigenvalue weighted by Crippen LogP contribution is 2.30. The number of nitrogens with zero attached hydrogens (tertiary/aromatic N) is 2. The first-order valence-electron chi connectivity index (χ1n) is 7.94. The summed E-state index contributed by atoms with van der Waals surface area (Å²) in [6, 6.07) is 5.56. The Labute approximate surface area is 151 Å². The van der Waals surface area contributed by atoms with Crippen molar-refractivity contribution in [2.24, 2.45) is 0 Å². The summed E-state index contributed by atoms with van der Waals surface area (Å²) >= 11 is 3.49. The van der Waals surface area contributed by atoms with Gasteiger partial charge in [-0.05, 0) is 54.9 Å². The van der Waals surface area contributed by atoms with Gasteiger partial charge in [0.15, 0.2) is 0 Å². The van der Waals surface area contributed by atoms with E-state index in [1.165, 1.54) is 0 Å². The van der Waals surface area contributed by atoms with Crippen molar-refractivity contribution in [1.82, 2.24) is 4.90 Å². The third kappa shape index (κ3) is 4.54. The Balaban J connectivity index is 2.09. The molecule has 0 saturated carbocycles. The average molecular weight is 401 g/mol. The molecule has 1 amide bonds. The minimum Gasteiger partial charge on any atom is -0.496 e. The average Bonchev–Trinajstić information content (AvgIpc) is 2.52. The van der Waals surface area contributed by atoms with Gasteiger partial charge in [0.05, 0.1) is 24.2 Å². The topological polar surface area (TPSA) is 62.2 Å². The van der Waals surface area contributed by atoms with Crippen molar-refractivity contribution in [3.05, 3.63) is 22.7 Å². The Bertz CT molecular complexity index is 588. The number of carbonyl (C=O) groups excluding carboxylic acids is 1. The first-order valence-corrected chi connectivity index (χ1v) is 8.73. The van der Waals surface area contributed by atoms with E-state index in [0.29, 0.717) is 19.6 Å². The summed E-state index contributed by atoms with van der Waals surface area (Å²) in [4.78, 5) is 16.1. The van der Waals surface area contributed by atoms with E-state index in [2.05, 4.69) is 20.8 Å². The summed E-state index contributed by atoms with van der Waals surface area (Å²) < 4.78 is 11.6. The number of anilines is 1. The first kappa shape index (κ1) is 18.9. The zero-order chi connectivity index (χ0) is 17.9. The van der Waals surface area contributed by atoms with Crippen LogP contribution in [0.25, 0.3) is 0 Å². The molecule has 6 nitrogen and oxygen atoms in total. The van der Waals surface area contributed by atoms with E-state index in [-0.39, 0.29) is 18.7 Å². The molecule has 0 aromatic heterocycles. The van der Waals surface area contributed by atoms with Gasteiger partial charge in [-0.2, -0.15) is 0 Å². The highest BCUT2D eigenvalue weighted by atomic mass is 79.9. The van der Waals surface area contributed by atoms with Gasteiger partial charge in [-0.3, -0.25) is 4.90 Å². The predicted molar refractivity (Wildman–Crippen MR) is 96.7 cm³/mol. The molecule has 1 aromatic rings. The molecule has 1 fully saturated rings. The molecule has 0 aliphatic carbocycles. The lowest BCUT2D eigenvalue weighted by Crippen LogP contribution is -2.57. The van der Waals surface area contributed by atoms with E-state index in [1.54, 1.807) is 12.0 Å².